The monoisotopic (exact) mass is 358 g/mol. The van der Waals surface area contributed by atoms with Crippen molar-refractivity contribution >= 4 is 16.9 Å². The van der Waals surface area contributed by atoms with Gasteiger partial charge in [0, 0.05) is 39.7 Å². The van der Waals surface area contributed by atoms with Gasteiger partial charge in [0.15, 0.2) is 5.65 Å². The normalized spacial score (nSPS) is 22.2. The number of aryl methyl sites for hydroxylation is 2. The molecule has 26 heavy (non-hydrogen) atoms. The molecule has 0 aliphatic carbocycles. The number of hydrogen-bond donors (Lipinski definition) is 0. The average Bonchev–Trinajstić information content (AvgIpc) is 3.20. The third-order valence-corrected chi connectivity index (χ3v) is 5.40. The molecule has 0 saturated carbocycles. The Bertz CT molecular complexity index is 739. The first-order valence-electron chi connectivity index (χ1n) is 10.0. The molecule has 1 atom stereocenters. The highest BCUT2D eigenvalue weighted by Gasteiger charge is 2.25. The van der Waals surface area contributed by atoms with Crippen LogP contribution in [-0.2, 0) is 18.2 Å². The van der Waals surface area contributed by atoms with Crippen LogP contribution in [0.4, 0.5) is 5.82 Å². The van der Waals surface area contributed by atoms with E-state index in [9.17, 15) is 0 Å². The van der Waals surface area contributed by atoms with E-state index in [2.05, 4.69) is 21.8 Å². The van der Waals surface area contributed by atoms with Gasteiger partial charge in [0.25, 0.3) is 0 Å². The number of anilines is 1. The van der Waals surface area contributed by atoms with Crippen LogP contribution < -0.4 is 4.90 Å². The van der Waals surface area contributed by atoms with E-state index in [4.69, 9.17) is 14.7 Å². The Morgan fingerprint density at radius 3 is 2.81 bits per heavy atom. The van der Waals surface area contributed by atoms with Crippen LogP contribution in [0.5, 0.6) is 0 Å². The van der Waals surface area contributed by atoms with Gasteiger partial charge < -0.3 is 14.5 Å². The van der Waals surface area contributed by atoms with Crippen molar-refractivity contribution in [3.8, 4) is 0 Å². The molecule has 2 aromatic heterocycles. The molecule has 2 aliphatic heterocycles. The van der Waals surface area contributed by atoms with Crippen molar-refractivity contribution in [2.75, 3.05) is 44.2 Å². The van der Waals surface area contributed by atoms with Crippen molar-refractivity contribution in [3.63, 3.8) is 0 Å². The summed E-state index contributed by atoms with van der Waals surface area (Å²) in [6.45, 7) is 8.31. The van der Waals surface area contributed by atoms with Gasteiger partial charge in [0.05, 0.1) is 17.7 Å². The standard InChI is InChI=1S/C19H30N6O/c1-3-7-17-21-18-16(12-20-23(18)2)19(22-17)25-10-6-11-26-15(14-25)13-24-8-4-5-9-24/h12,15H,3-11,13-14H2,1-2H3. The van der Waals surface area contributed by atoms with Crippen LogP contribution in [0.15, 0.2) is 6.20 Å². The number of rotatable bonds is 5. The zero-order valence-corrected chi connectivity index (χ0v) is 16.0. The molecule has 2 fully saturated rings. The molecule has 7 nitrogen and oxygen atoms in total. The Morgan fingerprint density at radius 2 is 2.00 bits per heavy atom. The van der Waals surface area contributed by atoms with Gasteiger partial charge in [-0.05, 0) is 38.8 Å². The summed E-state index contributed by atoms with van der Waals surface area (Å²) >= 11 is 0. The lowest BCUT2D eigenvalue weighted by Gasteiger charge is -2.28. The summed E-state index contributed by atoms with van der Waals surface area (Å²) in [4.78, 5) is 14.6. The quantitative estimate of drug-likeness (QED) is 0.815. The first kappa shape index (κ1) is 17.7. The van der Waals surface area contributed by atoms with Crippen LogP contribution in [0.3, 0.4) is 0 Å². The second-order valence-corrected chi connectivity index (χ2v) is 7.52. The van der Waals surface area contributed by atoms with Crippen LogP contribution in [0.1, 0.15) is 38.4 Å². The molecule has 0 amide bonds. The lowest BCUT2D eigenvalue weighted by atomic mass is 10.2. The highest BCUT2D eigenvalue weighted by molar-refractivity contribution is 5.87. The number of nitrogens with zero attached hydrogens (tertiary/aromatic N) is 6. The molecular formula is C19H30N6O. The van der Waals surface area contributed by atoms with Gasteiger partial charge >= 0.3 is 0 Å². The lowest BCUT2D eigenvalue weighted by molar-refractivity contribution is 0.0450. The summed E-state index contributed by atoms with van der Waals surface area (Å²) in [6, 6.07) is 0. The maximum absolute atomic E-state index is 6.16. The van der Waals surface area contributed by atoms with Gasteiger partial charge in [-0.1, -0.05) is 6.92 Å². The van der Waals surface area contributed by atoms with E-state index in [0.717, 1.165) is 68.2 Å². The van der Waals surface area contributed by atoms with Gasteiger partial charge in [0.1, 0.15) is 11.6 Å². The average molecular weight is 358 g/mol. The number of likely N-dealkylation sites (tertiary alicyclic amines) is 1. The molecule has 0 N–H and O–H groups in total. The minimum absolute atomic E-state index is 0.243. The van der Waals surface area contributed by atoms with Crippen molar-refractivity contribution in [2.24, 2.45) is 7.05 Å². The van der Waals surface area contributed by atoms with Crippen LogP contribution in [-0.4, -0.2) is 70.1 Å². The fourth-order valence-corrected chi connectivity index (χ4v) is 4.08. The van der Waals surface area contributed by atoms with Crippen LogP contribution in [0.2, 0.25) is 0 Å². The minimum Gasteiger partial charge on any atom is -0.375 e. The molecule has 142 valence electrons. The lowest BCUT2D eigenvalue weighted by Crippen LogP contribution is -2.39. The van der Waals surface area contributed by atoms with Gasteiger partial charge in [-0.15, -0.1) is 0 Å². The molecule has 7 heteroatoms. The smallest absolute Gasteiger partial charge is 0.163 e. The molecule has 0 aromatic carbocycles. The topological polar surface area (TPSA) is 59.3 Å². The summed E-state index contributed by atoms with van der Waals surface area (Å²) in [7, 11) is 1.95. The van der Waals surface area contributed by atoms with Gasteiger partial charge in [0.2, 0.25) is 0 Å². The van der Waals surface area contributed by atoms with Gasteiger partial charge in [-0.2, -0.15) is 5.10 Å². The van der Waals surface area contributed by atoms with Crippen LogP contribution in [0, 0.1) is 0 Å². The fraction of sp³-hybridized carbons (Fsp3) is 0.737. The molecule has 2 aromatic rings. The van der Waals surface area contributed by atoms with Crippen molar-refractivity contribution in [3.05, 3.63) is 12.0 Å². The Balaban J connectivity index is 1.61. The molecule has 2 aliphatic rings. The van der Waals surface area contributed by atoms with E-state index in [0.29, 0.717) is 0 Å². The molecule has 1 unspecified atom stereocenters. The second kappa shape index (κ2) is 7.88. The molecule has 0 radical (unpaired) electrons. The number of hydrogen-bond acceptors (Lipinski definition) is 6. The summed E-state index contributed by atoms with van der Waals surface area (Å²) in [6.07, 6.45) is 7.76. The molecule has 4 heterocycles. The SMILES string of the molecule is CCCc1nc(N2CCCOC(CN3CCCC3)C2)c2cnn(C)c2n1. The first-order valence-corrected chi connectivity index (χ1v) is 10.0. The highest BCUT2D eigenvalue weighted by Crippen LogP contribution is 2.26. The molecule has 0 bridgehead atoms. The predicted octanol–water partition coefficient (Wildman–Crippen LogP) is 2.01. The van der Waals surface area contributed by atoms with Crippen molar-refractivity contribution < 1.29 is 4.74 Å². The Labute approximate surface area is 155 Å². The van der Waals surface area contributed by atoms with E-state index in [1.807, 2.05) is 17.9 Å². The molecule has 4 rings (SSSR count). The number of aromatic nitrogens is 4. The maximum atomic E-state index is 6.16. The molecule has 0 spiro atoms. The second-order valence-electron chi connectivity index (χ2n) is 7.52. The zero-order valence-electron chi connectivity index (χ0n) is 16.0. The van der Waals surface area contributed by atoms with Crippen molar-refractivity contribution in [1.82, 2.24) is 24.6 Å². The van der Waals surface area contributed by atoms with Gasteiger partial charge in [-0.25, -0.2) is 9.97 Å². The molecular weight excluding hydrogens is 328 g/mol. The third kappa shape index (κ3) is 3.69. The van der Waals surface area contributed by atoms with Crippen molar-refractivity contribution in [1.29, 1.82) is 0 Å². The summed E-state index contributed by atoms with van der Waals surface area (Å²) in [5, 5.41) is 5.48. The first-order chi connectivity index (χ1) is 12.7. The van der Waals surface area contributed by atoms with E-state index in [1.54, 1.807) is 0 Å². The zero-order chi connectivity index (χ0) is 17.9. The number of ether oxygens (including phenoxy) is 1. The summed E-state index contributed by atoms with van der Waals surface area (Å²) < 4.78 is 8.02. The van der Waals surface area contributed by atoms with Crippen LogP contribution >= 0.6 is 0 Å². The largest absolute Gasteiger partial charge is 0.375 e. The number of fused-ring (bicyclic) bond motifs is 1. The summed E-state index contributed by atoms with van der Waals surface area (Å²) in [5.41, 5.74) is 0.930. The Kier molecular flexibility index (Phi) is 5.36. The van der Waals surface area contributed by atoms with E-state index in [-0.39, 0.29) is 6.10 Å². The Hall–Kier alpha value is -1.73. The van der Waals surface area contributed by atoms with E-state index in [1.165, 1.54) is 25.9 Å². The highest BCUT2D eigenvalue weighted by atomic mass is 16.5. The molecule has 2 saturated heterocycles. The van der Waals surface area contributed by atoms with Crippen LogP contribution in [0.25, 0.3) is 11.0 Å². The van der Waals surface area contributed by atoms with E-state index >= 15 is 0 Å². The predicted molar refractivity (Wildman–Crippen MR) is 103 cm³/mol. The minimum atomic E-state index is 0.243. The Morgan fingerprint density at radius 1 is 1.15 bits per heavy atom. The third-order valence-electron chi connectivity index (χ3n) is 5.40. The van der Waals surface area contributed by atoms with Gasteiger partial charge in [-0.3, -0.25) is 4.68 Å². The summed E-state index contributed by atoms with van der Waals surface area (Å²) in [5.74, 6) is 1.95. The fourth-order valence-electron chi connectivity index (χ4n) is 4.08. The maximum Gasteiger partial charge on any atom is 0.163 e. The van der Waals surface area contributed by atoms with E-state index < -0.39 is 0 Å². The van der Waals surface area contributed by atoms with Crippen molar-refractivity contribution in [2.45, 2.75) is 45.1 Å².